The van der Waals surface area contributed by atoms with E-state index in [0.29, 0.717) is 17.5 Å². The van der Waals surface area contributed by atoms with Gasteiger partial charge >= 0.3 is 0 Å². The van der Waals surface area contributed by atoms with Crippen LogP contribution in [0.4, 0.5) is 5.82 Å². The van der Waals surface area contributed by atoms with Crippen molar-refractivity contribution in [1.29, 1.82) is 0 Å². The molecule has 0 aliphatic heterocycles. The van der Waals surface area contributed by atoms with Crippen LogP contribution in [-0.2, 0) is 0 Å². The first-order valence-corrected chi connectivity index (χ1v) is 8.02. The third-order valence-electron chi connectivity index (χ3n) is 4.41. The molecular formula is C17H18N6O. The van der Waals surface area contributed by atoms with E-state index in [-0.39, 0.29) is 5.91 Å². The van der Waals surface area contributed by atoms with E-state index in [1.165, 1.54) is 19.2 Å². The van der Waals surface area contributed by atoms with Crippen molar-refractivity contribution >= 4 is 11.7 Å². The van der Waals surface area contributed by atoms with Crippen molar-refractivity contribution in [3.05, 3.63) is 54.7 Å². The highest BCUT2D eigenvalue weighted by molar-refractivity contribution is 6.03. The first kappa shape index (κ1) is 14.6. The van der Waals surface area contributed by atoms with Crippen LogP contribution in [0.25, 0.3) is 5.69 Å². The van der Waals surface area contributed by atoms with E-state index in [1.54, 1.807) is 29.3 Å². The highest BCUT2D eigenvalue weighted by Gasteiger charge is 2.30. The molecule has 0 radical (unpaired) electrons. The number of rotatable bonds is 5. The highest BCUT2D eigenvalue weighted by atomic mass is 16.1. The third-order valence-corrected chi connectivity index (χ3v) is 4.41. The van der Waals surface area contributed by atoms with Gasteiger partial charge in [-0.2, -0.15) is 10.2 Å². The summed E-state index contributed by atoms with van der Waals surface area (Å²) in [4.78, 5) is 16.4. The number of nitrogens with one attached hydrogen (secondary N) is 1. The fraction of sp³-hybridized carbons (Fsp3) is 0.294. The maximum absolute atomic E-state index is 12.5. The van der Waals surface area contributed by atoms with Gasteiger partial charge < -0.3 is 5.32 Å². The molecule has 1 unspecified atom stereocenters. The Morgan fingerprint density at radius 3 is 2.67 bits per heavy atom. The zero-order chi connectivity index (χ0) is 16.5. The maximum atomic E-state index is 12.5. The molecule has 1 aromatic carbocycles. The first-order valence-electron chi connectivity index (χ1n) is 8.02. The molecule has 1 atom stereocenters. The van der Waals surface area contributed by atoms with Crippen molar-refractivity contribution in [2.24, 2.45) is 5.92 Å². The molecule has 1 aliphatic carbocycles. The van der Waals surface area contributed by atoms with Crippen LogP contribution in [0.3, 0.4) is 0 Å². The van der Waals surface area contributed by atoms with Crippen molar-refractivity contribution < 1.29 is 4.79 Å². The number of carbonyl (C=O) groups is 1. The molecule has 1 aliphatic rings. The van der Waals surface area contributed by atoms with E-state index >= 15 is 0 Å². The van der Waals surface area contributed by atoms with Gasteiger partial charge in [-0.05, 0) is 49.9 Å². The van der Waals surface area contributed by atoms with Gasteiger partial charge in [0.2, 0.25) is 0 Å². The predicted octanol–water partition coefficient (Wildman–Crippen LogP) is 2.69. The van der Waals surface area contributed by atoms with Gasteiger partial charge in [0.05, 0.1) is 17.9 Å². The quantitative estimate of drug-likeness (QED) is 0.783. The molecular weight excluding hydrogens is 304 g/mol. The third kappa shape index (κ3) is 2.80. The second-order valence-electron chi connectivity index (χ2n) is 6.08. The van der Waals surface area contributed by atoms with E-state index in [1.807, 2.05) is 22.9 Å². The van der Waals surface area contributed by atoms with Gasteiger partial charge in [0, 0.05) is 11.6 Å². The Bertz CT molecular complexity index is 832. The van der Waals surface area contributed by atoms with Gasteiger partial charge in [0.15, 0.2) is 0 Å². The van der Waals surface area contributed by atoms with E-state index in [9.17, 15) is 4.79 Å². The summed E-state index contributed by atoms with van der Waals surface area (Å²) >= 11 is 0. The normalized spacial score (nSPS) is 15.2. The minimum atomic E-state index is -0.148. The summed E-state index contributed by atoms with van der Waals surface area (Å²) in [5.41, 5.74) is 1.45. The number of hydrogen-bond acceptors (Lipinski definition) is 4. The van der Waals surface area contributed by atoms with E-state index < -0.39 is 0 Å². The Kier molecular flexibility index (Phi) is 3.60. The summed E-state index contributed by atoms with van der Waals surface area (Å²) in [5, 5.41) is 11.4. The Balaban J connectivity index is 1.49. The lowest BCUT2D eigenvalue weighted by Gasteiger charge is -2.15. The molecule has 0 spiro atoms. The fourth-order valence-corrected chi connectivity index (χ4v) is 2.81. The molecule has 3 aromatic rings. The van der Waals surface area contributed by atoms with E-state index in [0.717, 1.165) is 11.5 Å². The van der Waals surface area contributed by atoms with Crippen LogP contribution in [0.15, 0.2) is 49.2 Å². The second kappa shape index (κ2) is 5.92. The van der Waals surface area contributed by atoms with Crippen LogP contribution in [0, 0.1) is 5.92 Å². The molecule has 4 rings (SSSR count). The summed E-state index contributed by atoms with van der Waals surface area (Å²) in [6.45, 7) is 2.15. The van der Waals surface area contributed by atoms with E-state index in [4.69, 9.17) is 0 Å². The van der Waals surface area contributed by atoms with Crippen LogP contribution < -0.4 is 5.32 Å². The number of hydrogen-bond donors (Lipinski definition) is 1. The minimum absolute atomic E-state index is 0.148. The van der Waals surface area contributed by atoms with Crippen molar-refractivity contribution in [3.63, 3.8) is 0 Å². The monoisotopic (exact) mass is 322 g/mol. The molecule has 7 nitrogen and oxygen atoms in total. The molecule has 1 fully saturated rings. The van der Waals surface area contributed by atoms with Crippen molar-refractivity contribution in [3.8, 4) is 5.69 Å². The SMILES string of the molecule is CC(C1CC1)n1nccc1NC(=O)c1ccc(-n2cncn2)cc1. The number of nitrogens with zero attached hydrogens (tertiary/aromatic N) is 5. The average molecular weight is 322 g/mol. The lowest BCUT2D eigenvalue weighted by molar-refractivity contribution is 0.102. The van der Waals surface area contributed by atoms with E-state index in [2.05, 4.69) is 27.4 Å². The summed E-state index contributed by atoms with van der Waals surface area (Å²) in [5.74, 6) is 1.26. The van der Waals surface area contributed by atoms with Gasteiger partial charge in [-0.25, -0.2) is 14.3 Å². The molecule has 7 heteroatoms. The zero-order valence-corrected chi connectivity index (χ0v) is 13.3. The molecule has 1 amide bonds. The molecule has 24 heavy (non-hydrogen) atoms. The van der Waals surface area contributed by atoms with Gasteiger partial charge in [-0.15, -0.1) is 0 Å². The number of aromatic nitrogens is 5. The van der Waals surface area contributed by atoms with Crippen molar-refractivity contribution in [2.75, 3.05) is 5.32 Å². The van der Waals surface area contributed by atoms with Gasteiger partial charge in [0.25, 0.3) is 5.91 Å². The number of amides is 1. The lowest BCUT2D eigenvalue weighted by Crippen LogP contribution is -2.18. The molecule has 2 aromatic heterocycles. The lowest BCUT2D eigenvalue weighted by atomic mass is 10.2. The Morgan fingerprint density at radius 1 is 1.21 bits per heavy atom. The van der Waals surface area contributed by atoms with Crippen LogP contribution in [0.2, 0.25) is 0 Å². The number of benzene rings is 1. The van der Waals surface area contributed by atoms with Crippen molar-refractivity contribution in [1.82, 2.24) is 24.5 Å². The standard InChI is InChI=1S/C17H18N6O/c1-12(13-2-3-13)23-16(8-9-19-23)21-17(24)14-4-6-15(7-5-14)22-11-18-10-20-22/h4-13H,2-3H2,1H3,(H,21,24). The molecule has 1 N–H and O–H groups in total. The minimum Gasteiger partial charge on any atom is -0.307 e. The first-order chi connectivity index (χ1) is 11.7. The van der Waals surface area contributed by atoms with Crippen LogP contribution in [-0.4, -0.2) is 30.5 Å². The van der Waals surface area contributed by atoms with Crippen LogP contribution in [0.1, 0.15) is 36.2 Å². The average Bonchev–Trinajstić information content (AvgIpc) is 3.11. The molecule has 0 saturated heterocycles. The molecule has 1 saturated carbocycles. The maximum Gasteiger partial charge on any atom is 0.256 e. The van der Waals surface area contributed by atoms with Gasteiger partial charge in [-0.3, -0.25) is 4.79 Å². The summed E-state index contributed by atoms with van der Waals surface area (Å²) in [7, 11) is 0. The highest BCUT2D eigenvalue weighted by Crippen LogP contribution is 2.40. The summed E-state index contributed by atoms with van der Waals surface area (Å²) < 4.78 is 3.55. The van der Waals surface area contributed by atoms with Crippen molar-refractivity contribution in [2.45, 2.75) is 25.8 Å². The fourth-order valence-electron chi connectivity index (χ4n) is 2.81. The van der Waals surface area contributed by atoms with Gasteiger partial charge in [0.1, 0.15) is 18.5 Å². The largest absolute Gasteiger partial charge is 0.307 e. The zero-order valence-electron chi connectivity index (χ0n) is 13.3. The Hall–Kier alpha value is -2.96. The molecule has 2 heterocycles. The number of anilines is 1. The molecule has 0 bridgehead atoms. The van der Waals surface area contributed by atoms with Crippen LogP contribution in [0.5, 0.6) is 0 Å². The predicted molar refractivity (Wildman–Crippen MR) is 89.0 cm³/mol. The smallest absolute Gasteiger partial charge is 0.256 e. The molecule has 122 valence electrons. The number of carbonyl (C=O) groups excluding carboxylic acids is 1. The second-order valence-corrected chi connectivity index (χ2v) is 6.08. The van der Waals surface area contributed by atoms with Gasteiger partial charge in [-0.1, -0.05) is 0 Å². The topological polar surface area (TPSA) is 77.6 Å². The Labute approximate surface area is 139 Å². The Morgan fingerprint density at radius 2 is 2.00 bits per heavy atom. The summed E-state index contributed by atoms with van der Waals surface area (Å²) in [6, 6.07) is 9.38. The van der Waals surface area contributed by atoms with Crippen LogP contribution >= 0.6 is 0 Å². The summed E-state index contributed by atoms with van der Waals surface area (Å²) in [6.07, 6.45) is 7.29.